The molecule has 1 atom stereocenters. The summed E-state index contributed by atoms with van der Waals surface area (Å²) in [6.45, 7) is 6.06. The molecule has 2 heteroatoms. The largest absolute Gasteiger partial charge is 0.299 e. The molecule has 4 rings (SSSR count). The average Bonchev–Trinajstić information content (AvgIpc) is 3.32. The molecule has 0 aliphatic heterocycles. The van der Waals surface area contributed by atoms with Crippen LogP contribution in [-0.2, 0) is 10.2 Å². The van der Waals surface area contributed by atoms with E-state index in [0.29, 0.717) is 5.56 Å². The predicted molar refractivity (Wildman–Crippen MR) is 114 cm³/mol. The summed E-state index contributed by atoms with van der Waals surface area (Å²) in [6, 6.07) is 14.8. The van der Waals surface area contributed by atoms with E-state index >= 15 is 0 Å². The number of fused-ring (bicyclic) bond motifs is 3. The second-order valence-corrected chi connectivity index (χ2v) is 8.59. The lowest BCUT2D eigenvalue weighted by molar-refractivity contribution is -0.120. The van der Waals surface area contributed by atoms with Gasteiger partial charge in [0.1, 0.15) is 5.78 Å². The highest BCUT2D eigenvalue weighted by molar-refractivity contribution is 6.10. The molecule has 1 unspecified atom stereocenters. The van der Waals surface area contributed by atoms with Crippen molar-refractivity contribution >= 4 is 11.6 Å². The van der Waals surface area contributed by atoms with Crippen molar-refractivity contribution in [2.75, 3.05) is 0 Å². The predicted octanol–water partition coefficient (Wildman–Crippen LogP) is 6.35. The summed E-state index contributed by atoms with van der Waals surface area (Å²) in [6.07, 6.45) is 6.28. The molecule has 0 heterocycles. The van der Waals surface area contributed by atoms with Crippen LogP contribution in [0.2, 0.25) is 0 Å². The van der Waals surface area contributed by atoms with E-state index in [2.05, 4.69) is 50.2 Å². The number of carbonyl (C=O) groups is 2. The maximum atomic E-state index is 13.4. The Morgan fingerprint density at radius 2 is 1.61 bits per heavy atom. The van der Waals surface area contributed by atoms with Crippen LogP contribution in [0.4, 0.5) is 0 Å². The zero-order valence-electron chi connectivity index (χ0n) is 17.3. The molecule has 2 aromatic rings. The Balaban J connectivity index is 1.80. The van der Waals surface area contributed by atoms with Gasteiger partial charge in [-0.3, -0.25) is 9.59 Å². The Bertz CT molecular complexity index is 914. The number of benzene rings is 2. The third-order valence-electron chi connectivity index (χ3n) is 7.35. The van der Waals surface area contributed by atoms with E-state index in [4.69, 9.17) is 0 Å². The Hall–Kier alpha value is -2.22. The summed E-state index contributed by atoms with van der Waals surface area (Å²) in [5, 5.41) is 0. The van der Waals surface area contributed by atoms with Gasteiger partial charge in [-0.05, 0) is 66.8 Å². The van der Waals surface area contributed by atoms with Crippen LogP contribution in [0.5, 0.6) is 0 Å². The van der Waals surface area contributed by atoms with Crippen molar-refractivity contribution in [1.29, 1.82) is 0 Å². The van der Waals surface area contributed by atoms with Crippen LogP contribution in [0.1, 0.15) is 80.8 Å². The molecule has 0 aromatic heterocycles. The molecule has 1 saturated carbocycles. The van der Waals surface area contributed by atoms with Gasteiger partial charge in [0.15, 0.2) is 5.78 Å². The van der Waals surface area contributed by atoms with Crippen LogP contribution < -0.4 is 0 Å². The Kier molecular flexibility index (Phi) is 4.99. The van der Waals surface area contributed by atoms with Gasteiger partial charge < -0.3 is 0 Å². The van der Waals surface area contributed by atoms with E-state index in [1.807, 2.05) is 6.07 Å². The first-order valence-corrected chi connectivity index (χ1v) is 10.8. The van der Waals surface area contributed by atoms with Gasteiger partial charge in [-0.1, -0.05) is 63.1 Å². The van der Waals surface area contributed by atoms with Crippen molar-refractivity contribution in [3.8, 4) is 11.1 Å². The molecule has 0 radical (unpaired) electrons. The fourth-order valence-electron chi connectivity index (χ4n) is 5.82. The van der Waals surface area contributed by atoms with Crippen molar-refractivity contribution < 1.29 is 9.59 Å². The van der Waals surface area contributed by atoms with Gasteiger partial charge in [-0.15, -0.1) is 0 Å². The number of carbonyl (C=O) groups excluding carboxylic acids is 2. The van der Waals surface area contributed by atoms with Crippen molar-refractivity contribution in [2.45, 2.75) is 64.7 Å². The standard InChI is InChI=1S/C26H30O2/c1-4-26(5-2)22-13-9-8-12-20(22)21-15-14-19(16-23(21)26)25(28)24(17(3)27)18-10-6-7-11-18/h8-9,12-16,18,24H,4-7,10-11H2,1-3H3. The highest BCUT2D eigenvalue weighted by atomic mass is 16.1. The SMILES string of the molecule is CCC1(CC)c2ccccc2-c2ccc(C(=O)C(C(C)=O)C3CCCC3)cc21. The molecule has 0 saturated heterocycles. The van der Waals surface area contributed by atoms with Crippen LogP contribution in [0.25, 0.3) is 11.1 Å². The van der Waals surface area contributed by atoms with Crippen molar-refractivity contribution in [3.63, 3.8) is 0 Å². The molecule has 2 nitrogen and oxygen atoms in total. The quantitative estimate of drug-likeness (QED) is 0.436. The zero-order valence-corrected chi connectivity index (χ0v) is 17.3. The van der Waals surface area contributed by atoms with Crippen molar-refractivity contribution in [1.82, 2.24) is 0 Å². The monoisotopic (exact) mass is 374 g/mol. The number of hydrogen-bond donors (Lipinski definition) is 0. The van der Waals surface area contributed by atoms with Crippen LogP contribution in [0, 0.1) is 11.8 Å². The summed E-state index contributed by atoms with van der Waals surface area (Å²) >= 11 is 0. The van der Waals surface area contributed by atoms with Gasteiger partial charge in [0.25, 0.3) is 0 Å². The molecule has 1 fully saturated rings. The minimum Gasteiger partial charge on any atom is -0.299 e. The minimum absolute atomic E-state index is 0.0259. The average molecular weight is 375 g/mol. The lowest BCUT2D eigenvalue weighted by Crippen LogP contribution is -2.29. The van der Waals surface area contributed by atoms with Crippen LogP contribution in [0.15, 0.2) is 42.5 Å². The maximum Gasteiger partial charge on any atom is 0.173 e. The van der Waals surface area contributed by atoms with Gasteiger partial charge >= 0.3 is 0 Å². The van der Waals surface area contributed by atoms with Gasteiger partial charge in [-0.2, -0.15) is 0 Å². The van der Waals surface area contributed by atoms with E-state index in [0.717, 1.165) is 38.5 Å². The molecule has 2 aromatic carbocycles. The molecule has 2 aliphatic carbocycles. The molecule has 2 aliphatic rings. The maximum absolute atomic E-state index is 13.4. The van der Waals surface area contributed by atoms with Crippen molar-refractivity contribution in [2.24, 2.45) is 11.8 Å². The molecule has 0 N–H and O–H groups in total. The second-order valence-electron chi connectivity index (χ2n) is 8.59. The van der Waals surface area contributed by atoms with E-state index in [1.54, 1.807) is 6.92 Å². The van der Waals surface area contributed by atoms with E-state index in [9.17, 15) is 9.59 Å². The fraction of sp³-hybridized carbons (Fsp3) is 0.462. The number of Topliss-reactive ketones (excluding diaryl/α,β-unsaturated/α-hetero) is 2. The topological polar surface area (TPSA) is 34.1 Å². The zero-order chi connectivity index (χ0) is 19.9. The lowest BCUT2D eigenvalue weighted by atomic mass is 9.73. The van der Waals surface area contributed by atoms with Gasteiger partial charge in [-0.25, -0.2) is 0 Å². The summed E-state index contributed by atoms with van der Waals surface area (Å²) in [5.41, 5.74) is 5.85. The Labute approximate surface area is 168 Å². The first-order valence-electron chi connectivity index (χ1n) is 10.8. The number of ketones is 2. The van der Waals surface area contributed by atoms with Crippen LogP contribution >= 0.6 is 0 Å². The number of rotatable bonds is 6. The minimum atomic E-state index is -0.470. The first kappa shape index (κ1) is 19.1. The molecule has 0 amide bonds. The van der Waals surface area contributed by atoms with Gasteiger partial charge in [0.05, 0.1) is 5.92 Å². The number of hydrogen-bond acceptors (Lipinski definition) is 2. The molecule has 0 bridgehead atoms. The lowest BCUT2D eigenvalue weighted by Gasteiger charge is -2.30. The highest BCUT2D eigenvalue weighted by Crippen LogP contribution is 2.52. The molecular formula is C26H30O2. The smallest absolute Gasteiger partial charge is 0.173 e. The van der Waals surface area contributed by atoms with E-state index in [1.165, 1.54) is 22.3 Å². The highest BCUT2D eigenvalue weighted by Gasteiger charge is 2.41. The molecule has 0 spiro atoms. The molecular weight excluding hydrogens is 344 g/mol. The first-order chi connectivity index (χ1) is 13.5. The summed E-state index contributed by atoms with van der Waals surface area (Å²) < 4.78 is 0. The van der Waals surface area contributed by atoms with E-state index in [-0.39, 0.29) is 22.9 Å². The summed E-state index contributed by atoms with van der Waals surface area (Å²) in [5.74, 6) is -0.197. The third kappa shape index (κ3) is 2.77. The van der Waals surface area contributed by atoms with Crippen LogP contribution in [0.3, 0.4) is 0 Å². The second kappa shape index (κ2) is 7.31. The Morgan fingerprint density at radius 1 is 0.964 bits per heavy atom. The summed E-state index contributed by atoms with van der Waals surface area (Å²) in [7, 11) is 0. The Morgan fingerprint density at radius 3 is 2.25 bits per heavy atom. The third-order valence-corrected chi connectivity index (χ3v) is 7.35. The fourth-order valence-corrected chi connectivity index (χ4v) is 5.82. The van der Waals surface area contributed by atoms with Crippen molar-refractivity contribution in [3.05, 3.63) is 59.2 Å². The van der Waals surface area contributed by atoms with Crippen LogP contribution in [-0.4, -0.2) is 11.6 Å². The normalized spacial score (nSPS) is 18.5. The van der Waals surface area contributed by atoms with Gasteiger partial charge in [0, 0.05) is 11.0 Å². The van der Waals surface area contributed by atoms with Gasteiger partial charge in [0.2, 0.25) is 0 Å². The molecule has 28 heavy (non-hydrogen) atoms. The molecule has 146 valence electrons. The summed E-state index contributed by atoms with van der Waals surface area (Å²) in [4.78, 5) is 25.8. The van der Waals surface area contributed by atoms with E-state index < -0.39 is 5.92 Å².